The minimum Gasteiger partial charge on any atom is -0.560 e. The normalized spacial score (nSPS) is 11.0. The number of phenolic OH excluding ortho intramolecular Hbond substituents is 2. The van der Waals surface area contributed by atoms with E-state index in [4.69, 9.17) is 5.14 Å². The minimum absolute atomic E-state index is 0. The Morgan fingerprint density at radius 2 is 1.84 bits per heavy atom. The van der Waals surface area contributed by atoms with E-state index in [-0.39, 0.29) is 69.0 Å². The Bertz CT molecular complexity index is 760. The summed E-state index contributed by atoms with van der Waals surface area (Å²) in [5, 5.41) is 28.7. The van der Waals surface area contributed by atoms with Crippen molar-refractivity contribution in [3.8, 4) is 11.5 Å². The molecule has 0 aliphatic carbocycles. The van der Waals surface area contributed by atoms with Crippen LogP contribution in [0.4, 0.5) is 5.69 Å². The van der Waals surface area contributed by atoms with Crippen LogP contribution in [0.15, 0.2) is 34.3 Å². The van der Waals surface area contributed by atoms with Crippen molar-refractivity contribution in [2.75, 3.05) is 0 Å². The van der Waals surface area contributed by atoms with Gasteiger partial charge in [0.1, 0.15) is 5.75 Å². The van der Waals surface area contributed by atoms with Gasteiger partial charge in [-0.2, -0.15) is 0 Å². The Morgan fingerprint density at radius 1 is 1.21 bits per heavy atom. The topological polar surface area (TPSA) is 128 Å². The van der Waals surface area contributed by atoms with Crippen LogP contribution in [-0.2, 0) is 10.0 Å². The van der Waals surface area contributed by atoms with E-state index in [0.717, 1.165) is 12.1 Å². The molecule has 0 unspecified atom stereocenters. The van der Waals surface area contributed by atoms with Crippen molar-refractivity contribution in [1.82, 2.24) is 0 Å². The zero-order chi connectivity index (χ0) is 13.5. The first-order chi connectivity index (χ1) is 8.36. The molecule has 2 rings (SSSR count). The van der Waals surface area contributed by atoms with Crippen LogP contribution in [0.3, 0.4) is 0 Å². The maximum absolute atomic E-state index is 11.3. The van der Waals surface area contributed by atoms with Gasteiger partial charge in [-0.1, -0.05) is 12.1 Å². The third kappa shape index (κ3) is 3.04. The van der Waals surface area contributed by atoms with Crippen LogP contribution in [0.25, 0.3) is 15.9 Å². The number of sulfonamides is 1. The summed E-state index contributed by atoms with van der Waals surface area (Å²) in [6, 6.07) is 4.57. The molecule has 2 aromatic carbocycles. The van der Waals surface area contributed by atoms with E-state index < -0.39 is 32.1 Å². The second-order valence-electron chi connectivity index (χ2n) is 3.54. The molecule has 0 aromatic heterocycles. The molecule has 7 nitrogen and oxygen atoms in total. The Labute approximate surface area is 157 Å². The summed E-state index contributed by atoms with van der Waals surface area (Å²) >= 11 is 0. The zero-order valence-corrected chi connectivity index (χ0v) is 15.5. The molecule has 9 heteroatoms. The third-order valence-corrected chi connectivity index (χ3v) is 3.36. The summed E-state index contributed by atoms with van der Waals surface area (Å²) in [4.78, 5) is 9.98. The Hall–Kier alpha value is -0.385. The first-order valence-corrected chi connectivity index (χ1v) is 6.15. The fourth-order valence-corrected chi connectivity index (χ4v) is 2.44. The molecule has 0 atom stereocenters. The van der Waals surface area contributed by atoms with Crippen molar-refractivity contribution >= 4 is 26.5 Å². The maximum Gasteiger partial charge on any atom is 1.00 e. The summed E-state index contributed by atoms with van der Waals surface area (Å²) < 4.78 is 22.5. The molecule has 0 saturated carbocycles. The number of hydrogen-bond acceptors (Lipinski definition) is 6. The molecule has 19 heavy (non-hydrogen) atoms. The Balaban J connectivity index is 0.00000180. The van der Waals surface area contributed by atoms with Crippen molar-refractivity contribution in [1.29, 1.82) is 0 Å². The monoisotopic (exact) mass is 352 g/mol. The number of nitrogens with zero attached hydrogens (tertiary/aromatic N) is 1. The summed E-state index contributed by atoms with van der Waals surface area (Å²) in [6.45, 7) is 0. The Kier molecular flexibility index (Phi) is 5.21. The van der Waals surface area contributed by atoms with E-state index in [0.29, 0.717) is 0 Å². The molecule has 0 fully saturated rings. The first-order valence-electron chi connectivity index (χ1n) is 4.67. The molecular formula is C10H7N2O5RbS. The number of nitroso groups, excluding NO2 is 1. The largest absolute Gasteiger partial charge is 1.00 e. The van der Waals surface area contributed by atoms with Gasteiger partial charge >= 0.3 is 58.2 Å². The summed E-state index contributed by atoms with van der Waals surface area (Å²) in [6.07, 6.45) is 0. The predicted molar refractivity (Wildman–Crippen MR) is 64.2 cm³/mol. The van der Waals surface area contributed by atoms with Crippen LogP contribution < -0.4 is 58.2 Å². The van der Waals surface area contributed by atoms with Gasteiger partial charge in [-0.15, -0.1) is 4.91 Å². The number of benzene rings is 2. The van der Waals surface area contributed by atoms with Crippen LogP contribution in [0.1, 0.15) is 0 Å². The van der Waals surface area contributed by atoms with Crippen molar-refractivity contribution in [2.24, 2.45) is 5.18 Å². The third-order valence-electron chi connectivity index (χ3n) is 2.44. The second kappa shape index (κ2) is 5.94. The quantitative estimate of drug-likeness (QED) is 0.550. The van der Waals surface area contributed by atoms with Gasteiger partial charge in [0.25, 0.3) is 0 Å². The summed E-state index contributed by atoms with van der Waals surface area (Å²) in [7, 11) is -4.32. The van der Waals surface area contributed by atoms with Crippen LogP contribution in [-0.4, -0.2) is 18.6 Å². The second-order valence-corrected chi connectivity index (χ2v) is 4.98. The average Bonchev–Trinajstić information content (AvgIpc) is 2.31. The van der Waals surface area contributed by atoms with Crippen molar-refractivity contribution in [3.05, 3.63) is 34.3 Å². The summed E-state index contributed by atoms with van der Waals surface area (Å²) in [5.74, 6) is -1.08. The molecule has 0 radical (unpaired) electrons. The van der Waals surface area contributed by atoms with Gasteiger partial charge in [0.2, 0.25) is 0 Å². The van der Waals surface area contributed by atoms with E-state index >= 15 is 0 Å². The van der Waals surface area contributed by atoms with Crippen LogP contribution >= 0.6 is 0 Å². The number of fused-ring (bicyclic) bond motifs is 1. The summed E-state index contributed by atoms with van der Waals surface area (Å²) in [5.41, 5.74) is -0.403. The number of rotatable bonds is 2. The van der Waals surface area contributed by atoms with Crippen molar-refractivity contribution in [3.63, 3.8) is 0 Å². The number of nitrogens with one attached hydrogen (secondary N) is 1. The number of phenols is 2. The average molecular weight is 353 g/mol. The molecular weight excluding hydrogens is 346 g/mol. The fraction of sp³-hybridized carbons (Fsp3) is 0. The molecule has 0 amide bonds. The maximum atomic E-state index is 11.3. The molecule has 0 heterocycles. The van der Waals surface area contributed by atoms with Crippen molar-refractivity contribution < 1.29 is 76.8 Å². The smallest absolute Gasteiger partial charge is 0.560 e. The molecule has 3 N–H and O–H groups in total. The molecule has 0 saturated heterocycles. The molecule has 0 aliphatic rings. The van der Waals surface area contributed by atoms with Gasteiger partial charge < -0.3 is 15.4 Å². The molecule has 0 bridgehead atoms. The van der Waals surface area contributed by atoms with Crippen LogP contribution in [0.2, 0.25) is 0 Å². The molecule has 2 aromatic rings. The first kappa shape index (κ1) is 16.7. The molecule has 94 valence electrons. The minimum atomic E-state index is -4.32. The SMILES string of the molecule is [NH-]S(=O)(=O)c1cccc2c(O)c(N=O)cc(O)c12.[Rb+]. The number of hydrogen-bond donors (Lipinski definition) is 2. The fourth-order valence-electron chi connectivity index (χ4n) is 1.69. The van der Waals surface area contributed by atoms with Crippen LogP contribution in [0, 0.1) is 4.91 Å². The Morgan fingerprint density at radius 3 is 2.37 bits per heavy atom. The van der Waals surface area contributed by atoms with Gasteiger partial charge in [-0.25, -0.2) is 8.42 Å². The van der Waals surface area contributed by atoms with E-state index in [2.05, 4.69) is 5.18 Å². The predicted octanol–water partition coefficient (Wildman–Crippen LogP) is -0.606. The standard InChI is InChI=1S/C10H8N2O5S.Rb/c11-18(16,17)8-3-1-2-5-9(8)7(13)4-6(12-15)10(5)14;/h1-4H,(H4,11,12,13,14,15,16,17);/q;+1/p-1. The van der Waals surface area contributed by atoms with E-state index in [1.165, 1.54) is 12.1 Å². The molecule has 0 aliphatic heterocycles. The van der Waals surface area contributed by atoms with Gasteiger partial charge in [0.15, 0.2) is 11.4 Å². The van der Waals surface area contributed by atoms with Gasteiger partial charge in [0.05, 0.1) is 14.9 Å². The molecule has 0 spiro atoms. The van der Waals surface area contributed by atoms with Gasteiger partial charge in [-0.05, 0) is 11.2 Å². The van der Waals surface area contributed by atoms with E-state index in [1.807, 2.05) is 0 Å². The zero-order valence-electron chi connectivity index (χ0n) is 9.78. The van der Waals surface area contributed by atoms with Crippen LogP contribution in [0.5, 0.6) is 11.5 Å². The van der Waals surface area contributed by atoms with Gasteiger partial charge in [-0.3, -0.25) is 0 Å². The van der Waals surface area contributed by atoms with Crippen molar-refractivity contribution in [2.45, 2.75) is 4.90 Å². The van der Waals surface area contributed by atoms with E-state index in [1.54, 1.807) is 0 Å². The van der Waals surface area contributed by atoms with Gasteiger partial charge in [0, 0.05) is 16.8 Å². The number of aromatic hydroxyl groups is 2. The van der Waals surface area contributed by atoms with E-state index in [9.17, 15) is 23.5 Å².